The van der Waals surface area contributed by atoms with E-state index in [-0.39, 0.29) is 5.69 Å². The van der Waals surface area contributed by atoms with Crippen LogP contribution in [0.25, 0.3) is 0 Å². The van der Waals surface area contributed by atoms with E-state index in [9.17, 15) is 18.0 Å². The van der Waals surface area contributed by atoms with Gasteiger partial charge >= 0.3 is 12.2 Å². The maximum Gasteiger partial charge on any atom is 0.417 e. The van der Waals surface area contributed by atoms with Gasteiger partial charge in [0, 0.05) is 13.1 Å². The third-order valence-corrected chi connectivity index (χ3v) is 5.32. The largest absolute Gasteiger partial charge is 0.417 e. The van der Waals surface area contributed by atoms with Crippen molar-refractivity contribution in [2.24, 2.45) is 0 Å². The first-order chi connectivity index (χ1) is 15.3. The van der Waals surface area contributed by atoms with Crippen LogP contribution in [0.5, 0.6) is 0 Å². The predicted molar refractivity (Wildman–Crippen MR) is 122 cm³/mol. The average Bonchev–Trinajstić information content (AvgIpc) is 2.78. The van der Waals surface area contributed by atoms with Crippen LogP contribution < -0.4 is 4.90 Å². The molecule has 0 spiro atoms. The minimum Gasteiger partial charge on any atom is -0.320 e. The van der Waals surface area contributed by atoms with Crippen LogP contribution in [0.3, 0.4) is 0 Å². The Morgan fingerprint density at radius 1 is 0.906 bits per heavy atom. The molecule has 0 saturated heterocycles. The second-order valence-corrected chi connectivity index (χ2v) is 7.78. The summed E-state index contributed by atoms with van der Waals surface area (Å²) in [4.78, 5) is 16.7. The van der Waals surface area contributed by atoms with Crippen molar-refractivity contribution in [2.75, 3.05) is 11.4 Å². The molecule has 0 aliphatic carbocycles. The number of halogens is 4. The lowest BCUT2D eigenvalue weighted by atomic mass is 10.1. The van der Waals surface area contributed by atoms with E-state index in [0.29, 0.717) is 18.8 Å². The lowest BCUT2D eigenvalue weighted by Gasteiger charge is -2.31. The van der Waals surface area contributed by atoms with E-state index in [1.54, 1.807) is 35.2 Å². The van der Waals surface area contributed by atoms with Gasteiger partial charge in [0.25, 0.3) is 0 Å². The Labute approximate surface area is 191 Å². The number of hydrogen-bond donors (Lipinski definition) is 0. The molecule has 32 heavy (non-hydrogen) atoms. The van der Waals surface area contributed by atoms with Crippen LogP contribution >= 0.6 is 11.6 Å². The Balaban J connectivity index is 2.05. The van der Waals surface area contributed by atoms with E-state index in [4.69, 9.17) is 11.6 Å². The van der Waals surface area contributed by atoms with Crippen LogP contribution in [-0.4, -0.2) is 17.5 Å². The van der Waals surface area contributed by atoms with Gasteiger partial charge in [0.1, 0.15) is 0 Å². The van der Waals surface area contributed by atoms with Crippen molar-refractivity contribution in [1.29, 1.82) is 0 Å². The van der Waals surface area contributed by atoms with Crippen molar-refractivity contribution >= 4 is 29.0 Å². The minimum atomic E-state index is -4.63. The standard InChI is InChI=1S/C25H24ClF3N2O/c1-2-3-16-30(18-19-10-6-4-7-11-19)24(32)31(20-12-8-5-9-13-20)21-14-15-23(26)22(17-21)25(27,28)29/h4-15,17H,2-3,16,18H2,1H3. The second-order valence-electron chi connectivity index (χ2n) is 7.38. The summed E-state index contributed by atoms with van der Waals surface area (Å²) in [6, 6.07) is 21.3. The van der Waals surface area contributed by atoms with Gasteiger partial charge in [-0.3, -0.25) is 4.90 Å². The van der Waals surface area contributed by atoms with E-state index in [0.717, 1.165) is 24.5 Å². The molecule has 3 nitrogen and oxygen atoms in total. The molecule has 0 bridgehead atoms. The van der Waals surface area contributed by atoms with Gasteiger partial charge in [-0.15, -0.1) is 0 Å². The highest BCUT2D eigenvalue weighted by atomic mass is 35.5. The summed E-state index contributed by atoms with van der Waals surface area (Å²) >= 11 is 5.82. The van der Waals surface area contributed by atoms with Crippen molar-refractivity contribution in [3.63, 3.8) is 0 Å². The van der Waals surface area contributed by atoms with Gasteiger partial charge in [0.15, 0.2) is 0 Å². The van der Waals surface area contributed by atoms with Gasteiger partial charge in [0.2, 0.25) is 0 Å². The average molecular weight is 461 g/mol. The summed E-state index contributed by atoms with van der Waals surface area (Å²) in [5.74, 6) is 0. The number of amides is 2. The summed E-state index contributed by atoms with van der Waals surface area (Å²) < 4.78 is 40.5. The Morgan fingerprint density at radius 2 is 1.53 bits per heavy atom. The van der Waals surface area contributed by atoms with Crippen molar-refractivity contribution in [2.45, 2.75) is 32.5 Å². The highest BCUT2D eigenvalue weighted by Gasteiger charge is 2.35. The molecule has 168 valence electrons. The van der Waals surface area contributed by atoms with E-state index in [1.807, 2.05) is 37.3 Å². The zero-order valence-electron chi connectivity index (χ0n) is 17.6. The molecule has 0 aliphatic rings. The van der Waals surface area contributed by atoms with Crippen molar-refractivity contribution in [3.05, 3.63) is 95.0 Å². The highest BCUT2D eigenvalue weighted by Crippen LogP contribution is 2.38. The number of urea groups is 1. The monoisotopic (exact) mass is 460 g/mol. The number of benzene rings is 3. The molecule has 0 saturated carbocycles. The Hall–Kier alpha value is -2.99. The van der Waals surface area contributed by atoms with E-state index in [2.05, 4.69) is 0 Å². The number of anilines is 2. The Kier molecular flexibility index (Phi) is 7.80. The molecule has 3 rings (SSSR count). The number of nitrogens with zero attached hydrogens (tertiary/aromatic N) is 2. The van der Waals surface area contributed by atoms with E-state index in [1.165, 1.54) is 17.0 Å². The third kappa shape index (κ3) is 5.82. The van der Waals surface area contributed by atoms with Gasteiger partial charge < -0.3 is 4.90 Å². The van der Waals surface area contributed by atoms with Crippen LogP contribution in [0, 0.1) is 0 Å². The molecule has 0 N–H and O–H groups in total. The molecular weight excluding hydrogens is 437 g/mol. The zero-order chi connectivity index (χ0) is 23.1. The molecule has 0 aliphatic heterocycles. The first-order valence-electron chi connectivity index (χ1n) is 10.4. The van der Waals surface area contributed by atoms with Crippen molar-refractivity contribution < 1.29 is 18.0 Å². The number of carbonyl (C=O) groups is 1. The number of para-hydroxylation sites is 1. The fraction of sp³-hybridized carbons (Fsp3) is 0.240. The molecule has 3 aromatic rings. The number of unbranched alkanes of at least 4 members (excludes halogenated alkanes) is 1. The van der Waals surface area contributed by atoms with Crippen molar-refractivity contribution in [3.8, 4) is 0 Å². The topological polar surface area (TPSA) is 23.6 Å². The SMILES string of the molecule is CCCCN(Cc1ccccc1)C(=O)N(c1ccccc1)c1ccc(Cl)c(C(F)(F)F)c1. The second kappa shape index (κ2) is 10.6. The molecule has 7 heteroatoms. The van der Waals surface area contributed by atoms with Crippen LogP contribution in [-0.2, 0) is 12.7 Å². The van der Waals surface area contributed by atoms with E-state index >= 15 is 0 Å². The molecule has 0 aromatic heterocycles. The molecule has 0 atom stereocenters. The van der Waals surface area contributed by atoms with Gasteiger partial charge in [-0.1, -0.05) is 73.5 Å². The maximum atomic E-state index is 13.7. The van der Waals surface area contributed by atoms with Crippen LogP contribution in [0.2, 0.25) is 5.02 Å². The molecule has 3 aromatic carbocycles. The normalized spacial score (nSPS) is 11.3. The predicted octanol–water partition coefficient (Wildman–Crippen LogP) is 7.92. The van der Waals surface area contributed by atoms with E-state index < -0.39 is 22.8 Å². The Bertz CT molecular complexity index is 1030. The van der Waals surface area contributed by atoms with Crippen LogP contribution in [0.1, 0.15) is 30.9 Å². The summed E-state index contributed by atoms with van der Waals surface area (Å²) in [6.07, 6.45) is -2.98. The number of hydrogen-bond acceptors (Lipinski definition) is 1. The summed E-state index contributed by atoms with van der Waals surface area (Å²) in [5.41, 5.74) is 0.542. The van der Waals surface area contributed by atoms with Gasteiger partial charge in [-0.05, 0) is 42.3 Å². The summed E-state index contributed by atoms with van der Waals surface area (Å²) in [5, 5.41) is -0.408. The lowest BCUT2D eigenvalue weighted by Crippen LogP contribution is -2.41. The molecule has 0 radical (unpaired) electrons. The zero-order valence-corrected chi connectivity index (χ0v) is 18.4. The maximum absolute atomic E-state index is 13.7. The Morgan fingerprint density at radius 3 is 2.12 bits per heavy atom. The fourth-order valence-electron chi connectivity index (χ4n) is 3.35. The summed E-state index contributed by atoms with van der Waals surface area (Å²) in [7, 11) is 0. The summed E-state index contributed by atoms with van der Waals surface area (Å²) in [6.45, 7) is 2.85. The quantitative estimate of drug-likeness (QED) is 0.351. The first-order valence-corrected chi connectivity index (χ1v) is 10.7. The minimum absolute atomic E-state index is 0.104. The fourth-order valence-corrected chi connectivity index (χ4v) is 3.58. The van der Waals surface area contributed by atoms with Crippen LogP contribution in [0.15, 0.2) is 78.9 Å². The van der Waals surface area contributed by atoms with Gasteiger partial charge in [-0.2, -0.15) is 13.2 Å². The van der Waals surface area contributed by atoms with Crippen LogP contribution in [0.4, 0.5) is 29.3 Å². The van der Waals surface area contributed by atoms with Gasteiger partial charge in [0.05, 0.1) is 22.0 Å². The van der Waals surface area contributed by atoms with Gasteiger partial charge in [-0.25, -0.2) is 4.79 Å². The number of carbonyl (C=O) groups excluding carboxylic acids is 1. The molecular formula is C25H24ClF3N2O. The molecule has 0 fully saturated rings. The van der Waals surface area contributed by atoms with Crippen molar-refractivity contribution in [1.82, 2.24) is 4.90 Å². The third-order valence-electron chi connectivity index (χ3n) is 4.99. The molecule has 2 amide bonds. The molecule has 0 unspecified atom stereocenters. The first kappa shape index (κ1) is 23.7. The molecule has 0 heterocycles. The highest BCUT2D eigenvalue weighted by molar-refractivity contribution is 6.31. The lowest BCUT2D eigenvalue weighted by molar-refractivity contribution is -0.137. The number of alkyl halides is 3. The smallest absolute Gasteiger partial charge is 0.320 e. The number of rotatable bonds is 7.